The van der Waals surface area contributed by atoms with Gasteiger partial charge in [-0.25, -0.2) is 9.07 Å². The van der Waals surface area contributed by atoms with E-state index in [4.69, 9.17) is 0 Å². The van der Waals surface area contributed by atoms with Crippen molar-refractivity contribution < 1.29 is 4.39 Å². The van der Waals surface area contributed by atoms with Crippen LogP contribution in [-0.2, 0) is 6.42 Å². The van der Waals surface area contributed by atoms with Crippen molar-refractivity contribution in [3.63, 3.8) is 0 Å². The Morgan fingerprint density at radius 1 is 1.12 bits per heavy atom. The average molecular weight is 421 g/mol. The number of rotatable bonds is 4. The Hall–Kier alpha value is -4.56. The molecule has 1 N–H and O–H groups in total. The molecule has 0 atom stereocenters. The molecule has 1 aromatic carbocycles. The third kappa shape index (κ3) is 3.06. The molecule has 0 saturated carbocycles. The molecule has 4 aromatic rings. The van der Waals surface area contributed by atoms with Gasteiger partial charge in [0.05, 0.1) is 16.9 Å². The molecule has 0 fully saturated rings. The van der Waals surface area contributed by atoms with Gasteiger partial charge in [-0.1, -0.05) is 0 Å². The first-order valence-corrected chi connectivity index (χ1v) is 10.0. The van der Waals surface area contributed by atoms with E-state index in [2.05, 4.69) is 26.5 Å². The van der Waals surface area contributed by atoms with Crippen LogP contribution in [0.1, 0.15) is 29.4 Å². The Morgan fingerprint density at radius 2 is 2.00 bits per heavy atom. The van der Waals surface area contributed by atoms with Crippen LogP contribution in [0.5, 0.6) is 0 Å². The van der Waals surface area contributed by atoms with E-state index in [1.165, 1.54) is 18.3 Å². The van der Waals surface area contributed by atoms with Crippen molar-refractivity contribution in [2.45, 2.75) is 13.3 Å². The van der Waals surface area contributed by atoms with Gasteiger partial charge in [0.15, 0.2) is 5.69 Å². The van der Waals surface area contributed by atoms with Gasteiger partial charge in [0.2, 0.25) is 0 Å². The summed E-state index contributed by atoms with van der Waals surface area (Å²) in [6, 6.07) is 10.5. The number of nitriles is 2. The van der Waals surface area contributed by atoms with Gasteiger partial charge < -0.3 is 5.32 Å². The first kappa shape index (κ1) is 19.4. The number of benzene rings is 1. The second-order valence-electron chi connectivity index (χ2n) is 7.36. The van der Waals surface area contributed by atoms with Crippen molar-refractivity contribution in [2.24, 2.45) is 0 Å². The maximum Gasteiger partial charge on any atom is 0.162 e. The molecule has 154 valence electrons. The van der Waals surface area contributed by atoms with Crippen molar-refractivity contribution in [1.29, 1.82) is 10.5 Å². The van der Waals surface area contributed by atoms with Gasteiger partial charge in [-0.05, 0) is 42.3 Å². The molecule has 0 bridgehead atoms. The SMILES string of the molecule is CCNc1cc(F)cc2c1Cc1ncc(-c3cncc(C#N)c3)c(-n3ccc(C#N)n3)c1-2. The first-order valence-electron chi connectivity index (χ1n) is 10.0. The average Bonchev–Trinajstić information content (AvgIpc) is 3.43. The number of halogens is 1. The van der Waals surface area contributed by atoms with E-state index in [-0.39, 0.29) is 11.5 Å². The van der Waals surface area contributed by atoms with Crippen molar-refractivity contribution in [3.8, 4) is 40.1 Å². The summed E-state index contributed by atoms with van der Waals surface area (Å²) in [5, 5.41) is 26.2. The highest BCUT2D eigenvalue weighted by molar-refractivity contribution is 5.92. The lowest BCUT2D eigenvalue weighted by molar-refractivity contribution is 0.628. The molecule has 0 unspecified atom stereocenters. The number of hydrogen-bond acceptors (Lipinski definition) is 6. The fraction of sp³-hybridized carbons (Fsp3) is 0.125. The molecule has 0 amide bonds. The van der Waals surface area contributed by atoms with Crippen LogP contribution < -0.4 is 5.32 Å². The summed E-state index contributed by atoms with van der Waals surface area (Å²) in [7, 11) is 0. The zero-order valence-electron chi connectivity index (χ0n) is 17.1. The number of pyridine rings is 2. The second kappa shape index (κ2) is 7.60. The molecule has 1 aliphatic carbocycles. The maximum atomic E-state index is 14.6. The predicted molar refractivity (Wildman–Crippen MR) is 116 cm³/mol. The van der Waals surface area contributed by atoms with Crippen molar-refractivity contribution in [1.82, 2.24) is 19.7 Å². The molecule has 0 spiro atoms. The van der Waals surface area contributed by atoms with Crippen molar-refractivity contribution in [3.05, 3.63) is 77.4 Å². The van der Waals surface area contributed by atoms with Crippen LogP contribution in [0.25, 0.3) is 27.9 Å². The predicted octanol–water partition coefficient (Wildman–Crippen LogP) is 4.21. The number of nitrogens with zero attached hydrogens (tertiary/aromatic N) is 6. The summed E-state index contributed by atoms with van der Waals surface area (Å²) >= 11 is 0. The Labute approximate surface area is 183 Å². The van der Waals surface area contributed by atoms with E-state index >= 15 is 0 Å². The molecule has 1 aliphatic rings. The summed E-state index contributed by atoms with van der Waals surface area (Å²) in [4.78, 5) is 8.86. The summed E-state index contributed by atoms with van der Waals surface area (Å²) < 4.78 is 16.2. The fourth-order valence-electron chi connectivity index (χ4n) is 4.13. The highest BCUT2D eigenvalue weighted by Gasteiger charge is 2.29. The highest BCUT2D eigenvalue weighted by Crippen LogP contribution is 2.46. The van der Waals surface area contributed by atoms with Crippen molar-refractivity contribution >= 4 is 5.69 Å². The molecule has 7 nitrogen and oxygen atoms in total. The molecule has 3 aromatic heterocycles. The van der Waals surface area contributed by atoms with E-state index in [0.717, 1.165) is 28.1 Å². The van der Waals surface area contributed by atoms with Crippen LogP contribution in [0.4, 0.5) is 10.1 Å². The van der Waals surface area contributed by atoms with Gasteiger partial charge in [0, 0.05) is 60.1 Å². The van der Waals surface area contributed by atoms with Gasteiger partial charge in [0.25, 0.3) is 0 Å². The number of nitrogens with one attached hydrogen (secondary N) is 1. The standard InChI is InChI=1S/C24H16FN7/c1-2-29-21-7-16(25)6-19-18(21)8-22-23(19)24(32-4-3-17(10-27)31-32)20(13-30-22)15-5-14(9-26)11-28-12-15/h3-7,11-13,29H,2,8H2,1H3. The topological polar surface area (TPSA) is 103 Å². The van der Waals surface area contributed by atoms with Gasteiger partial charge in [-0.3, -0.25) is 9.97 Å². The lowest BCUT2D eigenvalue weighted by Crippen LogP contribution is -2.04. The Morgan fingerprint density at radius 3 is 2.75 bits per heavy atom. The smallest absolute Gasteiger partial charge is 0.162 e. The van der Waals surface area contributed by atoms with Crippen LogP contribution in [-0.4, -0.2) is 26.3 Å². The number of aromatic nitrogens is 4. The van der Waals surface area contributed by atoms with Gasteiger partial charge in [-0.15, -0.1) is 0 Å². The fourth-order valence-corrected chi connectivity index (χ4v) is 4.13. The maximum absolute atomic E-state index is 14.6. The van der Waals surface area contributed by atoms with Gasteiger partial charge >= 0.3 is 0 Å². The van der Waals surface area contributed by atoms with Gasteiger partial charge in [0.1, 0.15) is 18.0 Å². The second-order valence-corrected chi connectivity index (χ2v) is 7.36. The first-order chi connectivity index (χ1) is 15.6. The Kier molecular flexibility index (Phi) is 4.61. The van der Waals surface area contributed by atoms with Crippen LogP contribution in [0, 0.1) is 28.5 Å². The molecule has 3 heterocycles. The molecule has 8 heteroatoms. The van der Waals surface area contributed by atoms with E-state index in [9.17, 15) is 14.9 Å². The third-order valence-electron chi connectivity index (χ3n) is 5.44. The molecule has 32 heavy (non-hydrogen) atoms. The zero-order valence-corrected chi connectivity index (χ0v) is 17.1. The van der Waals surface area contributed by atoms with Crippen LogP contribution >= 0.6 is 0 Å². The summed E-state index contributed by atoms with van der Waals surface area (Å²) in [6.07, 6.45) is 7.09. The lowest BCUT2D eigenvalue weighted by atomic mass is 9.98. The Bertz CT molecular complexity index is 1460. The number of anilines is 1. The molecular formula is C24H16FN7. The summed E-state index contributed by atoms with van der Waals surface area (Å²) in [5.41, 5.74) is 6.68. The van der Waals surface area contributed by atoms with Crippen LogP contribution in [0.2, 0.25) is 0 Å². The van der Waals surface area contributed by atoms with Gasteiger partial charge in [-0.2, -0.15) is 15.6 Å². The quantitative estimate of drug-likeness (QED) is 0.466. The number of fused-ring (bicyclic) bond motifs is 3. The van der Waals surface area contributed by atoms with Crippen LogP contribution in [0.3, 0.4) is 0 Å². The molecule has 0 saturated heterocycles. The Balaban J connectivity index is 1.84. The summed E-state index contributed by atoms with van der Waals surface area (Å²) in [6.45, 7) is 2.62. The number of hydrogen-bond donors (Lipinski definition) is 1. The molecule has 0 radical (unpaired) electrons. The minimum absolute atomic E-state index is 0.260. The highest BCUT2D eigenvalue weighted by atomic mass is 19.1. The van der Waals surface area contributed by atoms with Crippen molar-refractivity contribution in [2.75, 3.05) is 11.9 Å². The van der Waals surface area contributed by atoms with E-state index in [1.807, 2.05) is 13.0 Å². The minimum atomic E-state index is -0.352. The summed E-state index contributed by atoms with van der Waals surface area (Å²) in [5.74, 6) is -0.352. The van der Waals surface area contributed by atoms with E-state index in [0.29, 0.717) is 35.3 Å². The molecule has 0 aliphatic heterocycles. The zero-order chi connectivity index (χ0) is 22.2. The monoisotopic (exact) mass is 421 g/mol. The lowest BCUT2D eigenvalue weighted by Gasteiger charge is -2.16. The van der Waals surface area contributed by atoms with E-state index < -0.39 is 0 Å². The third-order valence-corrected chi connectivity index (χ3v) is 5.44. The van der Waals surface area contributed by atoms with Crippen LogP contribution in [0.15, 0.2) is 49.1 Å². The molecule has 5 rings (SSSR count). The van der Waals surface area contributed by atoms with E-state index in [1.54, 1.807) is 35.4 Å². The normalized spacial score (nSPS) is 11.4. The molecular weight excluding hydrogens is 405 g/mol. The largest absolute Gasteiger partial charge is 0.385 e. The minimum Gasteiger partial charge on any atom is -0.385 e.